The lowest BCUT2D eigenvalue weighted by atomic mass is 9.76. The Morgan fingerprint density at radius 3 is 2.29 bits per heavy atom. The molecule has 1 aliphatic carbocycles. The summed E-state index contributed by atoms with van der Waals surface area (Å²) in [6, 6.07) is 10.3. The summed E-state index contributed by atoms with van der Waals surface area (Å²) in [5.74, 6) is -0.0268. The van der Waals surface area contributed by atoms with Crippen LogP contribution in [0.15, 0.2) is 24.3 Å². The number of fused-ring (bicyclic) bond motifs is 2. The van der Waals surface area contributed by atoms with Gasteiger partial charge in [-0.15, -0.1) is 0 Å². The van der Waals surface area contributed by atoms with Gasteiger partial charge in [0.1, 0.15) is 19.2 Å². The Labute approximate surface area is 314 Å². The van der Waals surface area contributed by atoms with Crippen molar-refractivity contribution in [3.63, 3.8) is 0 Å². The number of benzene rings is 1. The van der Waals surface area contributed by atoms with Gasteiger partial charge in [0, 0.05) is 77.2 Å². The van der Waals surface area contributed by atoms with Crippen molar-refractivity contribution >= 4 is 39.1 Å². The Morgan fingerprint density at radius 1 is 0.942 bits per heavy atom. The van der Waals surface area contributed by atoms with Crippen LogP contribution in [0.3, 0.4) is 0 Å². The SMILES string of the molecule is CCCCOC(=O)N1CCN(C(=O)c2ccc3cc(-c4nn(COCC[Si](C)(C)C)c5c4CCC(C)(C)C5)n(COCC[Si](C)(C)C)c3c2)C[C@@H]1C. The van der Waals surface area contributed by atoms with Crippen molar-refractivity contribution in [2.75, 3.05) is 39.5 Å². The van der Waals surface area contributed by atoms with Crippen molar-refractivity contribution in [2.24, 2.45) is 5.41 Å². The molecule has 5 rings (SSSR count). The van der Waals surface area contributed by atoms with Crippen LogP contribution in [-0.2, 0) is 40.5 Å². The van der Waals surface area contributed by atoms with Gasteiger partial charge in [-0.2, -0.15) is 5.10 Å². The van der Waals surface area contributed by atoms with E-state index in [1.165, 1.54) is 11.3 Å². The first-order chi connectivity index (χ1) is 24.5. The highest BCUT2D eigenvalue weighted by Gasteiger charge is 2.34. The van der Waals surface area contributed by atoms with E-state index in [0.29, 0.717) is 51.9 Å². The summed E-state index contributed by atoms with van der Waals surface area (Å²) in [5.41, 5.74) is 6.38. The lowest BCUT2D eigenvalue weighted by Crippen LogP contribution is -2.55. The number of amides is 2. The predicted octanol–water partition coefficient (Wildman–Crippen LogP) is 8.73. The molecule has 0 radical (unpaired) electrons. The van der Waals surface area contributed by atoms with Gasteiger partial charge in [0.25, 0.3) is 5.91 Å². The monoisotopic (exact) mass is 751 g/mol. The number of hydrogen-bond donors (Lipinski definition) is 0. The Hall–Kier alpha value is -2.94. The third kappa shape index (κ3) is 10.2. The molecule has 1 aromatic carbocycles. The molecule has 0 saturated carbocycles. The van der Waals surface area contributed by atoms with Crippen molar-refractivity contribution in [1.82, 2.24) is 24.1 Å². The van der Waals surface area contributed by atoms with Crippen LogP contribution >= 0.6 is 0 Å². The highest BCUT2D eigenvalue weighted by atomic mass is 28.3. The molecule has 10 nitrogen and oxygen atoms in total. The third-order valence-electron chi connectivity index (χ3n) is 10.6. The number of carbonyl (C=O) groups is 2. The second kappa shape index (κ2) is 16.6. The molecule has 3 aromatic rings. The number of piperazine rings is 1. The second-order valence-electron chi connectivity index (χ2n) is 18.3. The first-order valence-electron chi connectivity index (χ1n) is 19.6. The summed E-state index contributed by atoms with van der Waals surface area (Å²) in [7, 11) is -2.49. The van der Waals surface area contributed by atoms with E-state index in [4.69, 9.17) is 19.3 Å². The van der Waals surface area contributed by atoms with Gasteiger partial charge in [0.2, 0.25) is 0 Å². The summed E-state index contributed by atoms with van der Waals surface area (Å²) in [4.78, 5) is 30.3. The molecular weight excluding hydrogens is 687 g/mol. The van der Waals surface area contributed by atoms with E-state index in [1.807, 2.05) is 24.0 Å². The maximum absolute atomic E-state index is 14.0. The van der Waals surface area contributed by atoms with Gasteiger partial charge in [-0.3, -0.25) is 4.79 Å². The molecule has 3 heterocycles. The molecule has 2 aliphatic rings. The standard InChI is InChI=1S/C40H65N5O5Si2/c1-11-12-19-50-39(47)43-18-17-42(27-30(43)2)38(46)32-14-13-31-24-35(44(34(31)25-32)28-48-20-22-51(5,6)7)37-33-15-16-40(3,4)26-36(33)45(41-37)29-49-21-23-52(8,9)10/h13-14,24-25,30H,11-12,15-23,26-29H2,1-10H3/t30-/m0/s1. The van der Waals surface area contributed by atoms with Crippen LogP contribution in [0.1, 0.15) is 68.6 Å². The Morgan fingerprint density at radius 2 is 1.63 bits per heavy atom. The van der Waals surface area contributed by atoms with Crippen molar-refractivity contribution in [2.45, 2.75) is 131 Å². The third-order valence-corrected chi connectivity index (χ3v) is 14.0. The first-order valence-corrected chi connectivity index (χ1v) is 27.0. The minimum atomic E-state index is -1.28. The summed E-state index contributed by atoms with van der Waals surface area (Å²) in [6.45, 7) is 27.1. The number of rotatable bonds is 15. The summed E-state index contributed by atoms with van der Waals surface area (Å²) >= 11 is 0. The van der Waals surface area contributed by atoms with Crippen LogP contribution in [0, 0.1) is 5.41 Å². The van der Waals surface area contributed by atoms with Crippen LogP contribution in [0.4, 0.5) is 4.79 Å². The quantitative estimate of drug-likeness (QED) is 0.114. The largest absolute Gasteiger partial charge is 0.449 e. The normalized spacial score (nSPS) is 17.8. The van der Waals surface area contributed by atoms with E-state index in [9.17, 15) is 9.59 Å². The molecule has 52 heavy (non-hydrogen) atoms. The number of unbranched alkanes of at least 4 members (excludes halogenated alkanes) is 1. The van der Waals surface area contributed by atoms with Crippen molar-refractivity contribution in [3.8, 4) is 11.4 Å². The minimum Gasteiger partial charge on any atom is -0.449 e. The molecular formula is C40H65N5O5Si2. The van der Waals surface area contributed by atoms with E-state index >= 15 is 0 Å². The highest BCUT2D eigenvalue weighted by molar-refractivity contribution is 6.76. The maximum Gasteiger partial charge on any atom is 0.410 e. The fourth-order valence-corrected chi connectivity index (χ4v) is 8.59. The fourth-order valence-electron chi connectivity index (χ4n) is 7.08. The zero-order valence-electron chi connectivity index (χ0n) is 33.8. The summed E-state index contributed by atoms with van der Waals surface area (Å²) < 4.78 is 22.5. The molecule has 0 unspecified atom stereocenters. The van der Waals surface area contributed by atoms with Gasteiger partial charge in [0.05, 0.1) is 17.8 Å². The van der Waals surface area contributed by atoms with E-state index in [1.54, 1.807) is 4.90 Å². The van der Waals surface area contributed by atoms with Gasteiger partial charge in [-0.25, -0.2) is 9.48 Å². The second-order valence-corrected chi connectivity index (χ2v) is 29.5. The van der Waals surface area contributed by atoms with Crippen molar-refractivity contribution in [1.29, 1.82) is 0 Å². The van der Waals surface area contributed by atoms with Crippen LogP contribution in [0.25, 0.3) is 22.3 Å². The topological polar surface area (TPSA) is 91.1 Å². The zero-order chi connectivity index (χ0) is 37.8. The molecule has 0 spiro atoms. The maximum atomic E-state index is 14.0. The van der Waals surface area contributed by atoms with E-state index in [0.717, 1.165) is 73.1 Å². The van der Waals surface area contributed by atoms with Crippen LogP contribution in [-0.4, -0.2) is 97.8 Å². The molecule has 1 saturated heterocycles. The molecule has 2 aromatic heterocycles. The minimum absolute atomic E-state index is 0.0268. The van der Waals surface area contributed by atoms with Gasteiger partial charge < -0.3 is 28.6 Å². The van der Waals surface area contributed by atoms with Crippen LogP contribution in [0.2, 0.25) is 51.4 Å². The van der Waals surface area contributed by atoms with E-state index in [2.05, 4.69) is 81.4 Å². The average Bonchev–Trinajstić information content (AvgIpc) is 3.60. The number of ether oxygens (including phenoxy) is 3. The number of nitrogens with zero attached hydrogens (tertiary/aromatic N) is 5. The average molecular weight is 752 g/mol. The molecule has 1 aliphatic heterocycles. The number of hydrogen-bond acceptors (Lipinski definition) is 6. The number of carbonyl (C=O) groups excluding carboxylic acids is 2. The predicted molar refractivity (Wildman–Crippen MR) is 216 cm³/mol. The lowest BCUT2D eigenvalue weighted by molar-refractivity contribution is 0.0409. The Bertz CT molecular complexity index is 1700. The Balaban J connectivity index is 1.45. The molecule has 12 heteroatoms. The molecule has 0 bridgehead atoms. The van der Waals surface area contributed by atoms with Gasteiger partial charge in [0.15, 0.2) is 0 Å². The van der Waals surface area contributed by atoms with E-state index < -0.39 is 16.1 Å². The number of aromatic nitrogens is 3. The first kappa shape index (κ1) is 40.3. The molecule has 0 N–H and O–H groups in total. The molecule has 2 amide bonds. The zero-order valence-corrected chi connectivity index (χ0v) is 35.8. The smallest absolute Gasteiger partial charge is 0.410 e. The van der Waals surface area contributed by atoms with E-state index in [-0.39, 0.29) is 23.5 Å². The molecule has 1 atom stereocenters. The van der Waals surface area contributed by atoms with Gasteiger partial charge >= 0.3 is 6.09 Å². The summed E-state index contributed by atoms with van der Waals surface area (Å²) in [5, 5.41) is 6.34. The summed E-state index contributed by atoms with van der Waals surface area (Å²) in [6.07, 6.45) is 4.56. The molecule has 288 valence electrons. The van der Waals surface area contributed by atoms with Crippen molar-refractivity contribution in [3.05, 3.63) is 41.1 Å². The van der Waals surface area contributed by atoms with Gasteiger partial charge in [-0.05, 0) is 68.3 Å². The van der Waals surface area contributed by atoms with Crippen LogP contribution in [0.5, 0.6) is 0 Å². The highest BCUT2D eigenvalue weighted by Crippen LogP contribution is 2.40. The fraction of sp³-hybridized carbons (Fsp3) is 0.675. The Kier molecular flexibility index (Phi) is 12.9. The molecule has 1 fully saturated rings. The lowest BCUT2D eigenvalue weighted by Gasteiger charge is -2.39. The van der Waals surface area contributed by atoms with Crippen LogP contribution < -0.4 is 0 Å². The van der Waals surface area contributed by atoms with Gasteiger partial charge in [-0.1, -0.05) is 72.5 Å². The van der Waals surface area contributed by atoms with Crippen molar-refractivity contribution < 1.29 is 23.8 Å².